The van der Waals surface area contributed by atoms with E-state index in [-0.39, 0.29) is 11.2 Å². The second-order valence-corrected chi connectivity index (χ2v) is 12.6. The molecule has 3 heteroatoms. The number of esters is 1. The van der Waals surface area contributed by atoms with E-state index in [9.17, 15) is 9.59 Å². The lowest BCUT2D eigenvalue weighted by Crippen LogP contribution is -2.20. The molecule has 36 heavy (non-hydrogen) atoms. The van der Waals surface area contributed by atoms with Crippen LogP contribution in [0.4, 0.5) is 0 Å². The van der Waals surface area contributed by atoms with Crippen molar-refractivity contribution in [1.29, 1.82) is 0 Å². The zero-order valence-electron chi connectivity index (χ0n) is 23.7. The van der Waals surface area contributed by atoms with Crippen LogP contribution in [0.15, 0.2) is 72.8 Å². The molecule has 0 atom stereocenters. The van der Waals surface area contributed by atoms with E-state index in [4.69, 9.17) is 4.74 Å². The number of benzene rings is 3. The number of hydrogen-bond donors (Lipinski definition) is 0. The average molecular weight is 487 g/mol. The summed E-state index contributed by atoms with van der Waals surface area (Å²) in [5.41, 5.74) is 4.48. The molecular weight excluding hydrogens is 444 g/mol. The van der Waals surface area contributed by atoms with Crippen molar-refractivity contribution in [2.45, 2.75) is 74.7 Å². The third kappa shape index (κ3) is 8.48. The van der Waals surface area contributed by atoms with Gasteiger partial charge in [-0.2, -0.15) is 0 Å². The number of rotatable bonds is 5. The van der Waals surface area contributed by atoms with Gasteiger partial charge >= 0.3 is 5.97 Å². The number of Topliss-reactive ketones (excluding diaryl/α,β-unsaturated/α-hetero) is 1. The van der Waals surface area contributed by atoms with Gasteiger partial charge in [-0.25, -0.2) is 4.79 Å². The number of carbonyl (C=O) groups excluding carboxylic acids is 2. The summed E-state index contributed by atoms with van der Waals surface area (Å²) in [4.78, 5) is 24.9. The summed E-state index contributed by atoms with van der Waals surface area (Å²) >= 11 is 0. The highest BCUT2D eigenvalue weighted by Crippen LogP contribution is 2.32. The van der Waals surface area contributed by atoms with Gasteiger partial charge in [0.25, 0.3) is 0 Å². The zero-order valence-corrected chi connectivity index (χ0v) is 23.7. The summed E-state index contributed by atoms with van der Waals surface area (Å²) < 4.78 is 5.53. The lowest BCUT2D eigenvalue weighted by molar-refractivity contribution is 0.0733. The van der Waals surface area contributed by atoms with E-state index in [0.717, 1.165) is 5.56 Å². The van der Waals surface area contributed by atoms with Crippen LogP contribution in [0.25, 0.3) is 0 Å². The SMILES string of the molecule is CC(C)(C)C.Cc1ccc(C(C)(C)c2ccc(OC(=O)c3ccc(C(=O)C(C)(C)C)cc3)cc2)cc1. The van der Waals surface area contributed by atoms with Crippen LogP contribution < -0.4 is 4.74 Å². The van der Waals surface area contributed by atoms with Gasteiger partial charge < -0.3 is 4.74 Å². The van der Waals surface area contributed by atoms with Crippen LogP contribution >= 0.6 is 0 Å². The number of aryl methyl sites for hydroxylation is 1. The van der Waals surface area contributed by atoms with Crippen molar-refractivity contribution in [3.63, 3.8) is 0 Å². The van der Waals surface area contributed by atoms with Crippen molar-refractivity contribution in [3.8, 4) is 5.75 Å². The van der Waals surface area contributed by atoms with Gasteiger partial charge in [-0.15, -0.1) is 0 Å². The molecule has 3 aromatic rings. The molecule has 0 heterocycles. The lowest BCUT2D eigenvalue weighted by Gasteiger charge is -2.26. The van der Waals surface area contributed by atoms with Gasteiger partial charge in [0.1, 0.15) is 5.75 Å². The molecule has 192 valence electrons. The van der Waals surface area contributed by atoms with Crippen molar-refractivity contribution < 1.29 is 14.3 Å². The summed E-state index contributed by atoms with van der Waals surface area (Å²) in [5.74, 6) is 0.0859. The van der Waals surface area contributed by atoms with Crippen LogP contribution in [0.3, 0.4) is 0 Å². The third-order valence-electron chi connectivity index (χ3n) is 5.62. The summed E-state index contributed by atoms with van der Waals surface area (Å²) in [7, 11) is 0. The molecule has 3 nitrogen and oxygen atoms in total. The molecule has 0 aliphatic heterocycles. The summed E-state index contributed by atoms with van der Waals surface area (Å²) in [6.45, 7) is 20.8. The second kappa shape index (κ2) is 11.2. The first-order valence-electron chi connectivity index (χ1n) is 12.5. The smallest absolute Gasteiger partial charge is 0.343 e. The first-order chi connectivity index (χ1) is 16.5. The van der Waals surface area contributed by atoms with Crippen molar-refractivity contribution >= 4 is 11.8 Å². The van der Waals surface area contributed by atoms with Crippen molar-refractivity contribution in [2.24, 2.45) is 10.8 Å². The van der Waals surface area contributed by atoms with Gasteiger partial charge in [-0.1, -0.05) is 116 Å². The number of carbonyl (C=O) groups is 2. The first kappa shape index (κ1) is 29.0. The third-order valence-corrected chi connectivity index (χ3v) is 5.62. The fourth-order valence-electron chi connectivity index (χ4n) is 3.43. The van der Waals surface area contributed by atoms with Crippen molar-refractivity contribution in [2.75, 3.05) is 0 Å². The molecule has 0 aliphatic rings. The first-order valence-corrected chi connectivity index (χ1v) is 12.5. The Labute approximate surface area is 217 Å². The summed E-state index contributed by atoms with van der Waals surface area (Å²) in [6, 6.07) is 22.8. The number of ether oxygens (including phenoxy) is 1. The van der Waals surface area contributed by atoms with Crippen LogP contribution in [-0.2, 0) is 5.41 Å². The molecule has 3 aromatic carbocycles. The van der Waals surface area contributed by atoms with Gasteiger partial charge in [0.05, 0.1) is 5.56 Å². The maximum Gasteiger partial charge on any atom is 0.343 e. The van der Waals surface area contributed by atoms with Crippen molar-refractivity contribution in [1.82, 2.24) is 0 Å². The molecule has 0 amide bonds. The molecular formula is C33H42O3. The van der Waals surface area contributed by atoms with Gasteiger partial charge in [-0.05, 0) is 47.7 Å². The Kier molecular flexibility index (Phi) is 9.07. The molecule has 0 spiro atoms. The molecule has 0 radical (unpaired) electrons. The standard InChI is InChI=1S/C28H30O3.C5H12/c1-19-7-13-22(14-8-19)28(5,6)23-15-17-24(18-16-23)31-26(30)21-11-9-20(10-12-21)25(29)27(2,3)4;1-5(2,3)4/h7-18H,1-6H3;1-4H3. The minimum Gasteiger partial charge on any atom is -0.423 e. The highest BCUT2D eigenvalue weighted by atomic mass is 16.5. The molecule has 0 aromatic heterocycles. The van der Waals surface area contributed by atoms with E-state index < -0.39 is 11.4 Å². The van der Waals surface area contributed by atoms with Crippen LogP contribution in [0.1, 0.15) is 99.7 Å². The van der Waals surface area contributed by atoms with Gasteiger partial charge in [0, 0.05) is 16.4 Å². The Morgan fingerprint density at radius 3 is 1.39 bits per heavy atom. The van der Waals surface area contributed by atoms with E-state index >= 15 is 0 Å². The normalized spacial score (nSPS) is 11.8. The average Bonchev–Trinajstić information content (AvgIpc) is 2.77. The Morgan fingerprint density at radius 1 is 0.583 bits per heavy atom. The molecule has 3 rings (SSSR count). The van der Waals surface area contributed by atoms with E-state index in [0.29, 0.717) is 22.3 Å². The number of ketones is 1. The lowest BCUT2D eigenvalue weighted by atomic mass is 9.78. The molecule has 0 bridgehead atoms. The maximum absolute atomic E-state index is 12.5. The zero-order chi connectivity index (χ0) is 27.3. The Balaban J connectivity index is 0.000000830. The van der Waals surface area contributed by atoms with Crippen molar-refractivity contribution in [3.05, 3.63) is 101 Å². The summed E-state index contributed by atoms with van der Waals surface area (Å²) in [6.07, 6.45) is 0. The predicted molar refractivity (Wildman–Crippen MR) is 150 cm³/mol. The monoisotopic (exact) mass is 486 g/mol. The highest BCUT2D eigenvalue weighted by Gasteiger charge is 2.24. The molecule has 0 unspecified atom stereocenters. The van der Waals surface area contributed by atoms with E-state index in [1.165, 1.54) is 11.1 Å². The molecule has 0 saturated heterocycles. The van der Waals surface area contributed by atoms with Gasteiger partial charge in [0.2, 0.25) is 0 Å². The van der Waals surface area contributed by atoms with Crippen LogP contribution in [-0.4, -0.2) is 11.8 Å². The van der Waals surface area contributed by atoms with E-state index in [2.05, 4.69) is 72.7 Å². The number of hydrogen-bond acceptors (Lipinski definition) is 3. The summed E-state index contributed by atoms with van der Waals surface area (Å²) in [5, 5.41) is 0. The van der Waals surface area contributed by atoms with E-state index in [1.54, 1.807) is 24.3 Å². The van der Waals surface area contributed by atoms with Crippen LogP contribution in [0.5, 0.6) is 5.75 Å². The van der Waals surface area contributed by atoms with E-state index in [1.807, 2.05) is 45.0 Å². The highest BCUT2D eigenvalue weighted by molar-refractivity contribution is 6.00. The molecule has 0 aliphatic carbocycles. The largest absolute Gasteiger partial charge is 0.423 e. The fraction of sp³-hybridized carbons (Fsp3) is 0.394. The topological polar surface area (TPSA) is 43.4 Å². The molecule has 0 N–H and O–H groups in total. The van der Waals surface area contributed by atoms with Gasteiger partial charge in [0.15, 0.2) is 5.78 Å². The minimum absolute atomic E-state index is 0.0409. The fourth-order valence-corrected chi connectivity index (χ4v) is 3.43. The molecule has 0 fully saturated rings. The van der Waals surface area contributed by atoms with Crippen LogP contribution in [0.2, 0.25) is 0 Å². The Hall–Kier alpha value is -3.20. The second-order valence-electron chi connectivity index (χ2n) is 12.6. The van der Waals surface area contributed by atoms with Gasteiger partial charge in [-0.3, -0.25) is 4.79 Å². The Morgan fingerprint density at radius 2 is 0.972 bits per heavy atom. The quantitative estimate of drug-likeness (QED) is 0.205. The molecule has 0 saturated carbocycles. The maximum atomic E-state index is 12.5. The van der Waals surface area contributed by atoms with Crippen LogP contribution in [0, 0.1) is 17.8 Å². The minimum atomic E-state index is -0.462. The Bertz CT molecular complexity index is 1150. The predicted octanol–water partition coefficient (Wildman–Crippen LogP) is 8.82.